The van der Waals surface area contributed by atoms with Crippen LogP contribution in [0.25, 0.3) is 0 Å². The molecule has 1 aromatic rings. The molecule has 1 saturated heterocycles. The SMILES string of the molecule is CCCn1cc(NC2CCS(=O)(=O)C2)ccc1=O. The Labute approximate surface area is 107 Å². The van der Waals surface area contributed by atoms with E-state index in [-0.39, 0.29) is 23.1 Å². The lowest BCUT2D eigenvalue weighted by Crippen LogP contribution is -2.23. The number of nitrogens with zero attached hydrogens (tertiary/aromatic N) is 1. The highest BCUT2D eigenvalue weighted by Crippen LogP contribution is 2.16. The molecule has 1 unspecified atom stereocenters. The van der Waals surface area contributed by atoms with Gasteiger partial charge in [0.05, 0.1) is 17.2 Å². The highest BCUT2D eigenvalue weighted by Gasteiger charge is 2.27. The molecule has 1 N–H and O–H groups in total. The van der Waals surface area contributed by atoms with E-state index in [1.165, 1.54) is 6.07 Å². The van der Waals surface area contributed by atoms with Crippen LogP contribution in [0.5, 0.6) is 0 Å². The fraction of sp³-hybridized carbons (Fsp3) is 0.583. The van der Waals surface area contributed by atoms with Gasteiger partial charge in [0.1, 0.15) is 0 Å². The van der Waals surface area contributed by atoms with Crippen molar-refractivity contribution < 1.29 is 8.42 Å². The van der Waals surface area contributed by atoms with Gasteiger partial charge in [-0.25, -0.2) is 8.42 Å². The molecule has 0 saturated carbocycles. The zero-order valence-electron chi connectivity index (χ0n) is 10.4. The number of aromatic nitrogens is 1. The van der Waals surface area contributed by atoms with Crippen LogP contribution < -0.4 is 10.9 Å². The summed E-state index contributed by atoms with van der Waals surface area (Å²) in [5, 5.41) is 3.18. The van der Waals surface area contributed by atoms with Crippen LogP contribution in [-0.2, 0) is 16.4 Å². The van der Waals surface area contributed by atoms with Crippen LogP contribution in [0.4, 0.5) is 5.69 Å². The molecule has 5 nitrogen and oxygen atoms in total. The Balaban J connectivity index is 2.10. The number of hydrogen-bond acceptors (Lipinski definition) is 4. The largest absolute Gasteiger partial charge is 0.380 e. The van der Waals surface area contributed by atoms with Gasteiger partial charge in [-0.05, 0) is 18.9 Å². The highest BCUT2D eigenvalue weighted by molar-refractivity contribution is 7.91. The van der Waals surface area contributed by atoms with Gasteiger partial charge in [-0.3, -0.25) is 4.79 Å². The average Bonchev–Trinajstić information content (AvgIpc) is 2.63. The summed E-state index contributed by atoms with van der Waals surface area (Å²) in [6.45, 7) is 2.69. The van der Waals surface area contributed by atoms with Gasteiger partial charge < -0.3 is 9.88 Å². The van der Waals surface area contributed by atoms with Crippen molar-refractivity contribution >= 4 is 15.5 Å². The number of aryl methyl sites for hydroxylation is 1. The molecule has 100 valence electrons. The van der Waals surface area contributed by atoms with Crippen molar-refractivity contribution in [2.45, 2.75) is 32.4 Å². The number of anilines is 1. The predicted molar refractivity (Wildman–Crippen MR) is 71.7 cm³/mol. The molecule has 1 aromatic heterocycles. The van der Waals surface area contributed by atoms with E-state index in [1.54, 1.807) is 16.8 Å². The Kier molecular flexibility index (Phi) is 3.75. The second-order valence-electron chi connectivity index (χ2n) is 4.69. The molecule has 1 atom stereocenters. The van der Waals surface area contributed by atoms with E-state index in [4.69, 9.17) is 0 Å². The zero-order valence-corrected chi connectivity index (χ0v) is 11.2. The normalized spacial score (nSPS) is 21.9. The van der Waals surface area contributed by atoms with Crippen molar-refractivity contribution in [3.8, 4) is 0 Å². The van der Waals surface area contributed by atoms with Crippen LogP contribution in [0.1, 0.15) is 19.8 Å². The standard InChI is InChI=1S/C12H18N2O3S/c1-2-6-14-8-10(3-4-12(14)15)13-11-5-7-18(16,17)9-11/h3-4,8,11,13H,2,5-7,9H2,1H3. The third-order valence-corrected chi connectivity index (χ3v) is 4.82. The minimum Gasteiger partial charge on any atom is -0.380 e. The topological polar surface area (TPSA) is 68.2 Å². The molecule has 0 spiro atoms. The number of nitrogens with one attached hydrogen (secondary N) is 1. The van der Waals surface area contributed by atoms with Crippen molar-refractivity contribution in [1.82, 2.24) is 4.57 Å². The van der Waals surface area contributed by atoms with Gasteiger partial charge in [-0.2, -0.15) is 0 Å². The van der Waals surface area contributed by atoms with Crippen molar-refractivity contribution in [1.29, 1.82) is 0 Å². The molecule has 0 amide bonds. The van der Waals surface area contributed by atoms with E-state index < -0.39 is 9.84 Å². The summed E-state index contributed by atoms with van der Waals surface area (Å²) in [4.78, 5) is 11.5. The van der Waals surface area contributed by atoms with E-state index in [0.717, 1.165) is 12.1 Å². The maximum absolute atomic E-state index is 11.5. The lowest BCUT2D eigenvalue weighted by Gasteiger charge is -2.13. The van der Waals surface area contributed by atoms with Crippen molar-refractivity contribution in [2.24, 2.45) is 0 Å². The van der Waals surface area contributed by atoms with Gasteiger partial charge in [0.25, 0.3) is 5.56 Å². The molecular formula is C12H18N2O3S. The van der Waals surface area contributed by atoms with Crippen molar-refractivity contribution in [3.63, 3.8) is 0 Å². The van der Waals surface area contributed by atoms with Gasteiger partial charge in [-0.1, -0.05) is 6.92 Å². The first kappa shape index (κ1) is 13.1. The molecule has 1 aliphatic heterocycles. The molecule has 0 bridgehead atoms. The summed E-state index contributed by atoms with van der Waals surface area (Å²) >= 11 is 0. The Bertz CT molecular complexity index is 577. The van der Waals surface area contributed by atoms with E-state index in [1.807, 2.05) is 6.92 Å². The fourth-order valence-corrected chi connectivity index (χ4v) is 3.85. The van der Waals surface area contributed by atoms with Gasteiger partial charge in [0.15, 0.2) is 9.84 Å². The Hall–Kier alpha value is -1.30. The summed E-state index contributed by atoms with van der Waals surface area (Å²) in [5.74, 6) is 0.430. The van der Waals surface area contributed by atoms with Gasteiger partial charge >= 0.3 is 0 Å². The van der Waals surface area contributed by atoms with Crippen LogP contribution in [0, 0.1) is 0 Å². The number of hydrogen-bond donors (Lipinski definition) is 1. The first-order valence-electron chi connectivity index (χ1n) is 6.17. The molecule has 2 rings (SSSR count). The lowest BCUT2D eigenvalue weighted by atomic mass is 10.2. The number of sulfone groups is 1. The smallest absolute Gasteiger partial charge is 0.250 e. The van der Waals surface area contributed by atoms with E-state index in [2.05, 4.69) is 5.32 Å². The predicted octanol–water partition coefficient (Wildman–Crippen LogP) is 0.857. The van der Waals surface area contributed by atoms with E-state index >= 15 is 0 Å². The Morgan fingerprint density at radius 2 is 2.22 bits per heavy atom. The average molecular weight is 270 g/mol. The van der Waals surface area contributed by atoms with Gasteiger partial charge in [0.2, 0.25) is 0 Å². The second kappa shape index (κ2) is 5.14. The van der Waals surface area contributed by atoms with Crippen LogP contribution in [0.15, 0.2) is 23.1 Å². The van der Waals surface area contributed by atoms with E-state index in [9.17, 15) is 13.2 Å². The summed E-state index contributed by atoms with van der Waals surface area (Å²) in [6, 6.07) is 3.18. The first-order valence-corrected chi connectivity index (χ1v) is 8.00. The first-order chi connectivity index (χ1) is 8.50. The third kappa shape index (κ3) is 3.13. The summed E-state index contributed by atoms with van der Waals surface area (Å²) in [6.07, 6.45) is 3.28. The molecule has 0 radical (unpaired) electrons. The van der Waals surface area contributed by atoms with Crippen LogP contribution >= 0.6 is 0 Å². The quantitative estimate of drug-likeness (QED) is 0.881. The number of pyridine rings is 1. The molecule has 0 aliphatic carbocycles. The van der Waals surface area contributed by atoms with Gasteiger partial charge in [0, 0.05) is 24.8 Å². The molecular weight excluding hydrogens is 252 g/mol. The van der Waals surface area contributed by atoms with Gasteiger partial charge in [-0.15, -0.1) is 0 Å². The molecule has 1 aliphatic rings. The molecule has 2 heterocycles. The minimum atomic E-state index is -2.88. The van der Waals surface area contributed by atoms with Crippen molar-refractivity contribution in [2.75, 3.05) is 16.8 Å². The third-order valence-electron chi connectivity index (χ3n) is 3.05. The minimum absolute atomic E-state index is 0.0264. The highest BCUT2D eigenvalue weighted by atomic mass is 32.2. The van der Waals surface area contributed by atoms with Crippen LogP contribution in [0.3, 0.4) is 0 Å². The molecule has 1 fully saturated rings. The maximum Gasteiger partial charge on any atom is 0.250 e. The van der Waals surface area contributed by atoms with Crippen LogP contribution in [-0.4, -0.2) is 30.5 Å². The van der Waals surface area contributed by atoms with Crippen LogP contribution in [0.2, 0.25) is 0 Å². The monoisotopic (exact) mass is 270 g/mol. The lowest BCUT2D eigenvalue weighted by molar-refractivity contribution is 0.602. The Morgan fingerprint density at radius 3 is 2.83 bits per heavy atom. The molecule has 18 heavy (non-hydrogen) atoms. The molecule has 0 aromatic carbocycles. The second-order valence-corrected chi connectivity index (χ2v) is 6.92. The summed E-state index contributed by atoms with van der Waals surface area (Å²) in [5.41, 5.74) is 0.784. The zero-order chi connectivity index (χ0) is 13.2. The Morgan fingerprint density at radius 1 is 1.44 bits per heavy atom. The van der Waals surface area contributed by atoms with Crippen molar-refractivity contribution in [3.05, 3.63) is 28.7 Å². The number of rotatable bonds is 4. The fourth-order valence-electron chi connectivity index (χ4n) is 2.18. The maximum atomic E-state index is 11.5. The molecule has 6 heteroatoms. The van der Waals surface area contributed by atoms with E-state index in [0.29, 0.717) is 13.0 Å². The summed E-state index contributed by atoms with van der Waals surface area (Å²) < 4.78 is 24.4. The summed E-state index contributed by atoms with van der Waals surface area (Å²) in [7, 11) is -2.88.